The first-order valence-corrected chi connectivity index (χ1v) is 8.63. The molecule has 3 rings (SSSR count). The summed E-state index contributed by atoms with van der Waals surface area (Å²) >= 11 is 1.49. The second-order valence-corrected chi connectivity index (χ2v) is 6.24. The Hall–Kier alpha value is -2.39. The molecule has 1 amide bonds. The molecule has 23 heavy (non-hydrogen) atoms. The fourth-order valence-corrected chi connectivity index (χ4v) is 3.49. The molecule has 0 N–H and O–H groups in total. The summed E-state index contributed by atoms with van der Waals surface area (Å²) in [6.45, 7) is 2.69. The van der Waals surface area contributed by atoms with Gasteiger partial charge in [0, 0.05) is 6.54 Å². The first-order valence-electron chi connectivity index (χ1n) is 7.75. The first kappa shape index (κ1) is 15.5. The average Bonchev–Trinajstić information content (AvgIpc) is 3.15. The Morgan fingerprint density at radius 1 is 0.913 bits per heavy atom. The molecule has 0 spiro atoms. The van der Waals surface area contributed by atoms with Crippen LogP contribution in [0.3, 0.4) is 0 Å². The summed E-state index contributed by atoms with van der Waals surface area (Å²) in [4.78, 5) is 15.7. The summed E-state index contributed by atoms with van der Waals surface area (Å²) in [5, 5.41) is 1.95. The largest absolute Gasteiger partial charge is 0.327 e. The van der Waals surface area contributed by atoms with Crippen LogP contribution >= 0.6 is 11.3 Å². The van der Waals surface area contributed by atoms with Gasteiger partial charge in [0.05, 0.1) is 10.9 Å². The SMILES string of the molecule is CCN(C(=O)c1cccs1)C(c1ccccc1)c1ccccc1. The van der Waals surface area contributed by atoms with Gasteiger partial charge in [-0.15, -0.1) is 11.3 Å². The molecule has 0 unspecified atom stereocenters. The van der Waals surface area contributed by atoms with E-state index in [4.69, 9.17) is 0 Å². The van der Waals surface area contributed by atoms with E-state index in [1.807, 2.05) is 65.7 Å². The Morgan fingerprint density at radius 2 is 1.48 bits per heavy atom. The zero-order valence-electron chi connectivity index (χ0n) is 13.1. The fourth-order valence-electron chi connectivity index (χ4n) is 2.81. The number of hydrogen-bond donors (Lipinski definition) is 0. The van der Waals surface area contributed by atoms with Crippen molar-refractivity contribution in [2.75, 3.05) is 6.54 Å². The quantitative estimate of drug-likeness (QED) is 0.647. The number of carbonyl (C=O) groups excluding carboxylic acids is 1. The minimum absolute atomic E-state index is 0.0722. The number of rotatable bonds is 5. The normalized spacial score (nSPS) is 10.7. The van der Waals surface area contributed by atoms with E-state index in [1.54, 1.807) is 0 Å². The molecule has 0 atom stereocenters. The van der Waals surface area contributed by atoms with Gasteiger partial charge in [-0.25, -0.2) is 0 Å². The zero-order valence-corrected chi connectivity index (χ0v) is 13.9. The highest BCUT2D eigenvalue weighted by Gasteiger charge is 2.26. The van der Waals surface area contributed by atoms with E-state index in [0.29, 0.717) is 6.54 Å². The summed E-state index contributed by atoms with van der Waals surface area (Å²) < 4.78 is 0. The topological polar surface area (TPSA) is 20.3 Å². The van der Waals surface area contributed by atoms with Gasteiger partial charge < -0.3 is 4.90 Å². The van der Waals surface area contributed by atoms with E-state index in [0.717, 1.165) is 16.0 Å². The predicted octanol–water partition coefficient (Wildman–Crippen LogP) is 5.00. The standard InChI is InChI=1S/C20H19NOS/c1-2-21(20(22)18-14-9-15-23-18)19(16-10-5-3-6-11-16)17-12-7-4-8-13-17/h3-15,19H,2H2,1H3. The molecule has 0 fully saturated rings. The van der Waals surface area contributed by atoms with Crippen LogP contribution in [0, 0.1) is 0 Å². The molecule has 1 heterocycles. The monoisotopic (exact) mass is 321 g/mol. The van der Waals surface area contributed by atoms with Crippen molar-refractivity contribution >= 4 is 17.2 Å². The Labute approximate surface area is 141 Å². The van der Waals surface area contributed by atoms with Gasteiger partial charge in [0.15, 0.2) is 0 Å². The third kappa shape index (κ3) is 3.35. The van der Waals surface area contributed by atoms with Gasteiger partial charge >= 0.3 is 0 Å². The molecule has 116 valence electrons. The van der Waals surface area contributed by atoms with Crippen LogP contribution < -0.4 is 0 Å². The minimum Gasteiger partial charge on any atom is -0.327 e. The number of thiophene rings is 1. The van der Waals surface area contributed by atoms with E-state index < -0.39 is 0 Å². The Bertz CT molecular complexity index is 698. The summed E-state index contributed by atoms with van der Waals surface area (Å²) in [7, 11) is 0. The Morgan fingerprint density at radius 3 is 1.91 bits per heavy atom. The number of amides is 1. The molecule has 0 saturated carbocycles. The van der Waals surface area contributed by atoms with Crippen molar-refractivity contribution in [2.24, 2.45) is 0 Å². The second-order valence-electron chi connectivity index (χ2n) is 5.29. The molecule has 0 aliphatic rings. The lowest BCUT2D eigenvalue weighted by Gasteiger charge is -2.31. The number of carbonyl (C=O) groups is 1. The molecule has 0 radical (unpaired) electrons. The van der Waals surface area contributed by atoms with Crippen LogP contribution in [0.4, 0.5) is 0 Å². The molecule has 1 aromatic heterocycles. The van der Waals surface area contributed by atoms with Gasteiger partial charge in [0.1, 0.15) is 0 Å². The van der Waals surface area contributed by atoms with Crippen molar-refractivity contribution in [1.82, 2.24) is 4.90 Å². The highest BCUT2D eigenvalue weighted by molar-refractivity contribution is 7.12. The lowest BCUT2D eigenvalue weighted by molar-refractivity contribution is 0.0722. The predicted molar refractivity (Wildman–Crippen MR) is 95.8 cm³/mol. The van der Waals surface area contributed by atoms with E-state index in [1.165, 1.54) is 11.3 Å². The van der Waals surface area contributed by atoms with Crippen LogP contribution in [-0.4, -0.2) is 17.4 Å². The molecular formula is C20H19NOS. The van der Waals surface area contributed by atoms with Crippen LogP contribution in [0.25, 0.3) is 0 Å². The van der Waals surface area contributed by atoms with Crippen molar-refractivity contribution in [3.05, 3.63) is 94.2 Å². The van der Waals surface area contributed by atoms with Crippen LogP contribution in [0.15, 0.2) is 78.2 Å². The zero-order chi connectivity index (χ0) is 16.1. The Balaban J connectivity index is 2.05. The van der Waals surface area contributed by atoms with E-state index >= 15 is 0 Å². The maximum atomic E-state index is 13.0. The number of benzene rings is 2. The molecule has 2 nitrogen and oxygen atoms in total. The third-order valence-electron chi connectivity index (χ3n) is 3.88. The molecule has 0 aliphatic heterocycles. The lowest BCUT2D eigenvalue weighted by Crippen LogP contribution is -2.35. The van der Waals surface area contributed by atoms with Gasteiger partial charge in [-0.2, -0.15) is 0 Å². The summed E-state index contributed by atoms with van der Waals surface area (Å²) in [6.07, 6.45) is 0. The average molecular weight is 321 g/mol. The van der Waals surface area contributed by atoms with Gasteiger partial charge in [0.2, 0.25) is 0 Å². The smallest absolute Gasteiger partial charge is 0.264 e. The molecule has 3 heteroatoms. The van der Waals surface area contributed by atoms with Gasteiger partial charge in [0.25, 0.3) is 5.91 Å². The minimum atomic E-state index is -0.0722. The lowest BCUT2D eigenvalue weighted by atomic mass is 9.97. The van der Waals surface area contributed by atoms with Crippen LogP contribution in [0.2, 0.25) is 0 Å². The van der Waals surface area contributed by atoms with E-state index in [9.17, 15) is 4.79 Å². The van der Waals surface area contributed by atoms with Crippen LogP contribution in [0.5, 0.6) is 0 Å². The maximum absolute atomic E-state index is 13.0. The molecule has 0 saturated heterocycles. The second kappa shape index (κ2) is 7.25. The van der Waals surface area contributed by atoms with Crippen LogP contribution in [0.1, 0.15) is 33.8 Å². The van der Waals surface area contributed by atoms with Crippen molar-refractivity contribution < 1.29 is 4.79 Å². The maximum Gasteiger partial charge on any atom is 0.264 e. The number of nitrogens with zero attached hydrogens (tertiary/aromatic N) is 1. The molecule has 2 aromatic carbocycles. The van der Waals surface area contributed by atoms with Crippen molar-refractivity contribution in [3.63, 3.8) is 0 Å². The summed E-state index contributed by atoms with van der Waals surface area (Å²) in [6, 6.07) is 24.2. The summed E-state index contributed by atoms with van der Waals surface area (Å²) in [5.74, 6) is 0.0835. The Kier molecular flexibility index (Phi) is 4.89. The van der Waals surface area contributed by atoms with E-state index in [2.05, 4.69) is 24.3 Å². The van der Waals surface area contributed by atoms with Crippen LogP contribution in [-0.2, 0) is 0 Å². The van der Waals surface area contributed by atoms with Gasteiger partial charge in [-0.3, -0.25) is 4.79 Å². The van der Waals surface area contributed by atoms with Crippen molar-refractivity contribution in [2.45, 2.75) is 13.0 Å². The highest BCUT2D eigenvalue weighted by atomic mass is 32.1. The number of hydrogen-bond acceptors (Lipinski definition) is 2. The highest BCUT2D eigenvalue weighted by Crippen LogP contribution is 2.30. The van der Waals surface area contributed by atoms with E-state index in [-0.39, 0.29) is 11.9 Å². The molecule has 0 bridgehead atoms. The van der Waals surface area contributed by atoms with Crippen molar-refractivity contribution in [1.29, 1.82) is 0 Å². The molecule has 3 aromatic rings. The fraction of sp³-hybridized carbons (Fsp3) is 0.150. The van der Waals surface area contributed by atoms with Gasteiger partial charge in [-0.05, 0) is 29.5 Å². The van der Waals surface area contributed by atoms with Crippen molar-refractivity contribution in [3.8, 4) is 0 Å². The third-order valence-corrected chi connectivity index (χ3v) is 4.73. The van der Waals surface area contributed by atoms with Gasteiger partial charge in [-0.1, -0.05) is 66.7 Å². The molecular weight excluding hydrogens is 302 g/mol. The first-order chi connectivity index (χ1) is 11.3. The molecule has 0 aliphatic carbocycles. The summed E-state index contributed by atoms with van der Waals surface area (Å²) in [5.41, 5.74) is 2.26.